The predicted molar refractivity (Wildman–Crippen MR) is 150 cm³/mol. The number of aryl methyl sites for hydroxylation is 2. The number of nitrogens with two attached hydrogens (primary N) is 1. The number of nitrogen functional groups attached to an aromatic ring is 1. The summed E-state index contributed by atoms with van der Waals surface area (Å²) in [5.74, 6) is 0.0835. The Morgan fingerprint density at radius 1 is 1.08 bits per heavy atom. The fourth-order valence-electron chi connectivity index (χ4n) is 5.52. The summed E-state index contributed by atoms with van der Waals surface area (Å²) in [4.78, 5) is 23.5. The molecule has 2 aromatic carbocycles. The molecule has 1 amide bonds. The van der Waals surface area contributed by atoms with E-state index in [0.717, 1.165) is 30.6 Å². The molecule has 9 nitrogen and oxygen atoms in total. The molecule has 0 unspecified atom stereocenters. The van der Waals surface area contributed by atoms with Crippen LogP contribution in [-0.2, 0) is 24.1 Å². The Hall–Kier alpha value is -3.05. The maximum Gasteiger partial charge on any atom is 0.255 e. The molecule has 3 aromatic rings. The largest absolute Gasteiger partial charge is 0.432 e. The molecule has 0 spiro atoms. The molecule has 204 valence electrons. The number of ether oxygens (including phenoxy) is 1. The molecule has 38 heavy (non-hydrogen) atoms. The number of aliphatic hydroxyl groups excluding tert-OH is 1. The average molecular weight is 538 g/mol. The van der Waals surface area contributed by atoms with Gasteiger partial charge >= 0.3 is 0 Å². The molecule has 1 aliphatic heterocycles. The van der Waals surface area contributed by atoms with Gasteiger partial charge in [-0.1, -0.05) is 24.3 Å². The zero-order valence-corrected chi connectivity index (χ0v) is 23.4. The van der Waals surface area contributed by atoms with Gasteiger partial charge in [-0.05, 0) is 80.2 Å². The molecule has 1 aromatic heterocycles. The van der Waals surface area contributed by atoms with Crippen molar-refractivity contribution in [1.29, 1.82) is 0 Å². The molecule has 0 bridgehead atoms. The average Bonchev–Trinajstić information content (AvgIpc) is 3.46. The van der Waals surface area contributed by atoms with Gasteiger partial charge in [-0.3, -0.25) is 9.48 Å². The van der Waals surface area contributed by atoms with Crippen molar-refractivity contribution in [3.8, 4) is 0 Å². The minimum atomic E-state index is -2.45. The van der Waals surface area contributed by atoms with E-state index in [1.54, 1.807) is 28.9 Å². The lowest BCUT2D eigenvalue weighted by Crippen LogP contribution is -2.40. The minimum absolute atomic E-state index is 0.0296. The highest BCUT2D eigenvalue weighted by Crippen LogP contribution is 2.45. The summed E-state index contributed by atoms with van der Waals surface area (Å²) in [6, 6.07) is 14.7. The third-order valence-electron chi connectivity index (χ3n) is 7.42. The molecule has 1 saturated heterocycles. The first-order valence-corrected chi connectivity index (χ1v) is 16.3. The Labute approximate surface area is 225 Å². The van der Waals surface area contributed by atoms with Crippen molar-refractivity contribution in [2.45, 2.75) is 70.0 Å². The van der Waals surface area contributed by atoms with Crippen molar-refractivity contribution in [2.24, 2.45) is 5.92 Å². The van der Waals surface area contributed by atoms with Crippen molar-refractivity contribution < 1.29 is 19.4 Å². The van der Waals surface area contributed by atoms with Gasteiger partial charge in [-0.25, -0.2) is 0 Å². The predicted octanol–water partition coefficient (Wildman–Crippen LogP) is 3.64. The van der Waals surface area contributed by atoms with Gasteiger partial charge < -0.3 is 25.7 Å². The first kappa shape index (κ1) is 28.0. The first-order chi connectivity index (χ1) is 18.1. The van der Waals surface area contributed by atoms with Gasteiger partial charge in [0.15, 0.2) is 8.32 Å². The first-order valence-electron chi connectivity index (χ1n) is 13.3. The van der Waals surface area contributed by atoms with Crippen LogP contribution in [0.3, 0.4) is 0 Å². The molecule has 4 atom stereocenters. The summed E-state index contributed by atoms with van der Waals surface area (Å²) in [5, 5.41) is 20.3. The maximum absolute atomic E-state index is 12.5. The maximum atomic E-state index is 12.5. The fraction of sp³-hybridized carbons (Fsp3) is 0.464. The number of anilines is 2. The second kappa shape index (κ2) is 12.2. The molecular formula is C28H39N5O4Si. The van der Waals surface area contributed by atoms with E-state index in [2.05, 4.69) is 22.6 Å². The van der Waals surface area contributed by atoms with Crippen molar-refractivity contribution in [1.82, 2.24) is 15.0 Å². The molecule has 4 rings (SSSR count). The summed E-state index contributed by atoms with van der Waals surface area (Å²) < 4.78 is 8.35. The monoisotopic (exact) mass is 537 g/mol. The van der Waals surface area contributed by atoms with Crippen LogP contribution in [0.15, 0.2) is 54.7 Å². The van der Waals surface area contributed by atoms with Crippen molar-refractivity contribution in [3.05, 3.63) is 71.5 Å². The quantitative estimate of drug-likeness (QED) is 0.217. The van der Waals surface area contributed by atoms with E-state index in [0.29, 0.717) is 24.2 Å². The lowest BCUT2D eigenvalue weighted by atomic mass is 9.95. The van der Waals surface area contributed by atoms with Gasteiger partial charge in [-0.15, -0.1) is 5.10 Å². The fourth-order valence-corrected chi connectivity index (χ4v) is 8.17. The van der Waals surface area contributed by atoms with Crippen LogP contribution in [0.1, 0.15) is 41.4 Å². The number of nitrogens with one attached hydrogen (secondary N) is 1. The SMILES string of the molecule is C[C@@H]1[C@@H]([Si](C)(C)O)[C@H](CCn2cc(CCO)nn2)O[C@@H]1CCc1ccc(NC(=O)c2ccc(N)cc2)cc1. The Morgan fingerprint density at radius 2 is 1.79 bits per heavy atom. The third-order valence-corrected chi connectivity index (χ3v) is 9.95. The summed E-state index contributed by atoms with van der Waals surface area (Å²) in [5.41, 5.74) is 9.71. The molecule has 0 radical (unpaired) electrons. The van der Waals surface area contributed by atoms with Gasteiger partial charge in [-0.2, -0.15) is 0 Å². The summed E-state index contributed by atoms with van der Waals surface area (Å²) >= 11 is 0. The van der Waals surface area contributed by atoms with E-state index in [-0.39, 0.29) is 36.2 Å². The van der Waals surface area contributed by atoms with Crippen molar-refractivity contribution >= 4 is 25.6 Å². The van der Waals surface area contributed by atoms with Crippen LogP contribution in [0.25, 0.3) is 0 Å². The topological polar surface area (TPSA) is 136 Å². The lowest BCUT2D eigenvalue weighted by molar-refractivity contribution is 0.0245. The minimum Gasteiger partial charge on any atom is -0.432 e. The number of carbonyl (C=O) groups excluding carboxylic acids is 1. The number of benzene rings is 2. The standard InChI is InChI=1S/C28H39N5O4Si/c1-19-25(37-26(27(19)38(2,3)36)14-16-33-18-24(15-17-34)31-32-33)13-6-20-4-11-23(12-5-20)30-28(35)21-7-9-22(29)10-8-21/h4-5,7-12,18-19,25-27,34,36H,6,13-17,29H2,1-3H3,(H,30,35)/t19-,25+,26-,27+/m0/s1. The van der Waals surface area contributed by atoms with Crippen LogP contribution in [0, 0.1) is 5.92 Å². The number of hydrogen-bond acceptors (Lipinski definition) is 7. The zero-order valence-electron chi connectivity index (χ0n) is 22.4. The summed E-state index contributed by atoms with van der Waals surface area (Å²) in [7, 11) is -2.45. The van der Waals surface area contributed by atoms with E-state index >= 15 is 0 Å². The number of carbonyl (C=O) groups is 1. The molecule has 10 heteroatoms. The third kappa shape index (κ3) is 7.07. The highest BCUT2D eigenvalue weighted by atomic mass is 28.4. The highest BCUT2D eigenvalue weighted by molar-refractivity contribution is 6.71. The van der Waals surface area contributed by atoms with Crippen LogP contribution in [0.5, 0.6) is 0 Å². The normalized spacial score (nSPS) is 21.5. The van der Waals surface area contributed by atoms with Crippen LogP contribution in [0.2, 0.25) is 18.6 Å². The van der Waals surface area contributed by atoms with E-state index in [9.17, 15) is 9.59 Å². The molecule has 5 N–H and O–H groups in total. The zero-order chi connectivity index (χ0) is 27.3. The summed E-state index contributed by atoms with van der Waals surface area (Å²) in [6.45, 7) is 6.91. The number of hydrogen-bond donors (Lipinski definition) is 4. The smallest absolute Gasteiger partial charge is 0.255 e. The number of amides is 1. The molecule has 0 saturated carbocycles. The van der Waals surface area contributed by atoms with Gasteiger partial charge in [0, 0.05) is 48.2 Å². The molecule has 1 aliphatic rings. The van der Waals surface area contributed by atoms with Gasteiger partial charge in [0.1, 0.15) is 0 Å². The Bertz CT molecular complexity index is 1190. The summed E-state index contributed by atoms with van der Waals surface area (Å²) in [6.07, 6.45) is 4.86. The Morgan fingerprint density at radius 3 is 2.45 bits per heavy atom. The van der Waals surface area contributed by atoms with Crippen molar-refractivity contribution in [2.75, 3.05) is 17.7 Å². The second-order valence-corrected chi connectivity index (χ2v) is 14.8. The van der Waals surface area contributed by atoms with Gasteiger partial charge in [0.25, 0.3) is 5.91 Å². The highest BCUT2D eigenvalue weighted by Gasteiger charge is 2.49. The number of rotatable bonds is 11. The molecule has 2 heterocycles. The van der Waals surface area contributed by atoms with E-state index < -0.39 is 8.32 Å². The Balaban J connectivity index is 1.32. The Kier molecular flexibility index (Phi) is 8.98. The van der Waals surface area contributed by atoms with E-state index in [1.807, 2.05) is 43.6 Å². The van der Waals surface area contributed by atoms with Gasteiger partial charge in [0.2, 0.25) is 0 Å². The molecule has 1 fully saturated rings. The number of aliphatic hydroxyl groups is 1. The van der Waals surface area contributed by atoms with Gasteiger partial charge in [0.05, 0.1) is 17.9 Å². The van der Waals surface area contributed by atoms with Crippen LogP contribution >= 0.6 is 0 Å². The lowest BCUT2D eigenvalue weighted by Gasteiger charge is -2.30. The number of aromatic nitrogens is 3. The van der Waals surface area contributed by atoms with Crippen LogP contribution in [0.4, 0.5) is 11.4 Å². The van der Waals surface area contributed by atoms with Crippen LogP contribution in [-0.4, -0.2) is 57.9 Å². The van der Waals surface area contributed by atoms with Crippen molar-refractivity contribution in [3.63, 3.8) is 0 Å². The van der Waals surface area contributed by atoms with E-state index in [1.165, 1.54) is 5.56 Å². The molecule has 0 aliphatic carbocycles. The van der Waals surface area contributed by atoms with E-state index in [4.69, 9.17) is 15.6 Å². The van der Waals surface area contributed by atoms with Crippen LogP contribution < -0.4 is 11.1 Å². The number of nitrogens with zero attached hydrogens (tertiary/aromatic N) is 3. The molecular weight excluding hydrogens is 498 g/mol. The second-order valence-electron chi connectivity index (χ2n) is 10.8.